The van der Waals surface area contributed by atoms with Crippen molar-refractivity contribution in [2.45, 2.75) is 26.2 Å². The maximum Gasteiger partial charge on any atom is 0.0791 e. The molecule has 0 aliphatic rings. The fourth-order valence-electron chi connectivity index (χ4n) is 0.520. The van der Waals surface area contributed by atoms with Crippen LogP contribution in [0.1, 0.15) is 26.2 Å². The summed E-state index contributed by atoms with van der Waals surface area (Å²) in [5.41, 5.74) is 1.79. The van der Waals surface area contributed by atoms with Crippen LogP contribution in [0, 0.1) is 0 Å². The molecule has 3 heteroatoms. The van der Waals surface area contributed by atoms with E-state index in [1.807, 2.05) is 5.38 Å². The van der Waals surface area contributed by atoms with Gasteiger partial charge in [-0.2, -0.15) is 0 Å². The van der Waals surface area contributed by atoms with Crippen molar-refractivity contribution in [1.29, 1.82) is 0 Å². The van der Waals surface area contributed by atoms with E-state index in [4.69, 9.17) is 11.6 Å². The molecule has 0 aliphatic carbocycles. The fraction of sp³-hybridized carbons (Fsp3) is 0.625. The first-order chi connectivity index (χ1) is 5.41. The maximum atomic E-state index is 5.38. The second-order valence-corrected chi connectivity index (χ2v) is 3.20. The Labute approximate surface area is 77.4 Å². The predicted octanol–water partition coefficient (Wildman–Crippen LogP) is 3.56. The summed E-state index contributed by atoms with van der Waals surface area (Å²) in [5.74, 6) is 0.827. The average Bonchev–Trinajstić information content (AvgIpc) is 2.57. The van der Waals surface area contributed by atoms with Crippen molar-refractivity contribution in [3.8, 4) is 0 Å². The number of aromatic nitrogens is 1. The molecule has 0 bridgehead atoms. The first kappa shape index (κ1) is 10.9. The van der Waals surface area contributed by atoms with Crippen molar-refractivity contribution in [3.05, 3.63) is 17.1 Å². The minimum atomic E-state index is 0.827. The molecule has 1 nitrogen and oxygen atoms in total. The molecule has 0 aromatic carbocycles. The van der Waals surface area contributed by atoms with Crippen molar-refractivity contribution in [3.63, 3.8) is 0 Å². The minimum Gasteiger partial charge on any atom is -0.253 e. The van der Waals surface area contributed by atoms with E-state index < -0.39 is 0 Å². The highest BCUT2D eigenvalue weighted by Crippen LogP contribution is 1.93. The van der Waals surface area contributed by atoms with Gasteiger partial charge in [0.1, 0.15) is 0 Å². The Morgan fingerprint density at radius 3 is 2.45 bits per heavy atom. The Morgan fingerprint density at radius 2 is 2.27 bits per heavy atom. The number of rotatable bonds is 3. The van der Waals surface area contributed by atoms with Crippen LogP contribution in [0.4, 0.5) is 0 Å². The maximum absolute atomic E-state index is 5.38. The molecule has 1 heterocycles. The Balaban J connectivity index is 0.000000183. The summed E-state index contributed by atoms with van der Waals surface area (Å²) in [6.07, 6.45) is 5.50. The summed E-state index contributed by atoms with van der Waals surface area (Å²) in [7, 11) is 0. The number of halogens is 1. The van der Waals surface area contributed by atoms with Crippen molar-refractivity contribution in [2.75, 3.05) is 5.88 Å². The Bertz CT molecular complexity index is 109. The van der Waals surface area contributed by atoms with E-state index in [2.05, 4.69) is 11.9 Å². The predicted molar refractivity (Wildman–Crippen MR) is 52.4 cm³/mol. The highest BCUT2D eigenvalue weighted by Gasteiger charge is 1.76. The van der Waals surface area contributed by atoms with Crippen molar-refractivity contribution in [2.24, 2.45) is 0 Å². The largest absolute Gasteiger partial charge is 0.253 e. The van der Waals surface area contributed by atoms with Gasteiger partial charge in [-0.15, -0.1) is 22.9 Å². The third-order valence-electron chi connectivity index (χ3n) is 1.08. The van der Waals surface area contributed by atoms with E-state index in [1.54, 1.807) is 23.0 Å². The third kappa shape index (κ3) is 9.92. The Hall–Kier alpha value is -0.0800. The minimum absolute atomic E-state index is 0.827. The standard InChI is InChI=1S/C5H11Cl.C3H3NS/c1-2-3-4-5-6;1-2-5-3-4-1/h2-5H2,1H3;1-3H. The topological polar surface area (TPSA) is 12.9 Å². The highest BCUT2D eigenvalue weighted by molar-refractivity contribution is 7.07. The molecular weight excluding hydrogens is 178 g/mol. The SMILES string of the molecule is CCCCCCl.c1cscn1. The smallest absolute Gasteiger partial charge is 0.0791 e. The van der Waals surface area contributed by atoms with Crippen LogP contribution in [0.3, 0.4) is 0 Å². The van der Waals surface area contributed by atoms with Gasteiger partial charge in [0, 0.05) is 17.5 Å². The van der Waals surface area contributed by atoms with Crippen molar-refractivity contribution in [1.82, 2.24) is 4.98 Å². The summed E-state index contributed by atoms with van der Waals surface area (Å²) in [6.45, 7) is 2.17. The molecule has 1 aromatic rings. The quantitative estimate of drug-likeness (QED) is 0.526. The van der Waals surface area contributed by atoms with Gasteiger partial charge in [-0.1, -0.05) is 19.8 Å². The lowest BCUT2D eigenvalue weighted by atomic mass is 10.3. The lowest BCUT2D eigenvalue weighted by Crippen LogP contribution is -1.70. The van der Waals surface area contributed by atoms with Gasteiger partial charge in [0.2, 0.25) is 0 Å². The Morgan fingerprint density at radius 1 is 1.45 bits per heavy atom. The normalized spacial score (nSPS) is 8.55. The molecule has 0 N–H and O–H groups in total. The van der Waals surface area contributed by atoms with Gasteiger partial charge in [0.25, 0.3) is 0 Å². The summed E-state index contributed by atoms with van der Waals surface area (Å²) in [6, 6.07) is 0. The fourth-order valence-corrected chi connectivity index (χ4v) is 1.06. The molecule has 1 aromatic heterocycles. The second-order valence-electron chi connectivity index (χ2n) is 2.07. The van der Waals surface area contributed by atoms with Crippen LogP contribution in [0.5, 0.6) is 0 Å². The molecule has 0 saturated carbocycles. The summed E-state index contributed by atoms with van der Waals surface area (Å²) in [5, 5.41) is 1.93. The zero-order valence-electron chi connectivity index (χ0n) is 6.79. The van der Waals surface area contributed by atoms with Crippen LogP contribution in [-0.2, 0) is 0 Å². The van der Waals surface area contributed by atoms with E-state index in [0.717, 1.165) is 5.88 Å². The van der Waals surface area contributed by atoms with Gasteiger partial charge in [-0.05, 0) is 6.42 Å². The highest BCUT2D eigenvalue weighted by atomic mass is 35.5. The van der Waals surface area contributed by atoms with Crippen LogP contribution in [0.2, 0.25) is 0 Å². The monoisotopic (exact) mass is 191 g/mol. The van der Waals surface area contributed by atoms with E-state index >= 15 is 0 Å². The Kier molecular flexibility index (Phi) is 9.85. The number of nitrogens with zero attached hydrogens (tertiary/aromatic N) is 1. The number of thiazole rings is 1. The number of unbranched alkanes of at least 4 members (excludes halogenated alkanes) is 2. The van der Waals surface area contributed by atoms with E-state index in [9.17, 15) is 0 Å². The molecule has 11 heavy (non-hydrogen) atoms. The zero-order valence-corrected chi connectivity index (χ0v) is 8.37. The molecule has 0 radical (unpaired) electrons. The lowest BCUT2D eigenvalue weighted by molar-refractivity contribution is 0.776. The molecule has 0 fully saturated rings. The van der Waals surface area contributed by atoms with Crippen LogP contribution >= 0.6 is 22.9 Å². The van der Waals surface area contributed by atoms with Crippen LogP contribution in [0.15, 0.2) is 17.1 Å². The van der Waals surface area contributed by atoms with Gasteiger partial charge < -0.3 is 0 Å². The van der Waals surface area contributed by atoms with Gasteiger partial charge >= 0.3 is 0 Å². The molecule has 1 rings (SSSR count). The molecule has 0 unspecified atom stereocenters. The van der Waals surface area contributed by atoms with E-state index in [0.29, 0.717) is 0 Å². The van der Waals surface area contributed by atoms with Gasteiger partial charge in [0.05, 0.1) is 5.51 Å². The van der Waals surface area contributed by atoms with Gasteiger partial charge in [-0.25, -0.2) is 0 Å². The molecular formula is C8H14ClNS. The first-order valence-electron chi connectivity index (χ1n) is 3.80. The van der Waals surface area contributed by atoms with E-state index in [1.165, 1.54) is 19.3 Å². The first-order valence-corrected chi connectivity index (χ1v) is 5.27. The molecule has 0 saturated heterocycles. The molecule has 0 atom stereocenters. The second kappa shape index (κ2) is 9.92. The van der Waals surface area contributed by atoms with Crippen LogP contribution in [0.25, 0.3) is 0 Å². The lowest BCUT2D eigenvalue weighted by Gasteiger charge is -1.84. The van der Waals surface area contributed by atoms with Gasteiger partial charge in [0.15, 0.2) is 0 Å². The van der Waals surface area contributed by atoms with E-state index in [-0.39, 0.29) is 0 Å². The number of alkyl halides is 1. The van der Waals surface area contributed by atoms with Gasteiger partial charge in [-0.3, -0.25) is 4.98 Å². The molecule has 64 valence electrons. The summed E-state index contributed by atoms with van der Waals surface area (Å²) in [4.78, 5) is 3.74. The van der Waals surface area contributed by atoms with Crippen molar-refractivity contribution < 1.29 is 0 Å². The zero-order chi connectivity index (χ0) is 8.36. The average molecular weight is 192 g/mol. The molecule has 0 spiro atoms. The molecule has 0 amide bonds. The number of hydrogen-bond donors (Lipinski definition) is 0. The molecule has 0 aliphatic heterocycles. The van der Waals surface area contributed by atoms with Crippen LogP contribution < -0.4 is 0 Å². The summed E-state index contributed by atoms with van der Waals surface area (Å²) < 4.78 is 0. The summed E-state index contributed by atoms with van der Waals surface area (Å²) >= 11 is 6.98. The number of hydrogen-bond acceptors (Lipinski definition) is 2. The van der Waals surface area contributed by atoms with Crippen molar-refractivity contribution >= 4 is 22.9 Å². The van der Waals surface area contributed by atoms with Crippen LogP contribution in [-0.4, -0.2) is 10.9 Å². The third-order valence-corrected chi connectivity index (χ3v) is 1.87.